The zero-order valence-electron chi connectivity index (χ0n) is 18.8. The van der Waals surface area contributed by atoms with Crippen LogP contribution in [-0.2, 0) is 29.1 Å². The van der Waals surface area contributed by atoms with Crippen LogP contribution in [0.4, 0.5) is 0 Å². The van der Waals surface area contributed by atoms with Crippen molar-refractivity contribution in [1.82, 2.24) is 0 Å². The molecule has 0 amide bonds. The Labute approximate surface area is 195 Å². The molecule has 7 nitrogen and oxygen atoms in total. The summed E-state index contributed by atoms with van der Waals surface area (Å²) in [6.07, 6.45) is 8.58. The van der Waals surface area contributed by atoms with E-state index in [1.54, 1.807) is 0 Å². The number of carbonyl (C=O) groups is 1. The molecule has 6 atom stereocenters. The fourth-order valence-electron chi connectivity index (χ4n) is 7.31. The molecule has 180 valence electrons. The number of primary sulfonamides is 1. The number of carbonyl (C=O) groups excluding carboxylic acids is 1. The number of nitrogens with two attached hydrogens (primary N) is 1. The van der Waals surface area contributed by atoms with Crippen molar-refractivity contribution in [2.45, 2.75) is 74.2 Å². The normalized spacial score (nSPS) is 36.5. The summed E-state index contributed by atoms with van der Waals surface area (Å²) in [5, 5.41) is 5.17. The lowest BCUT2D eigenvalue weighted by atomic mass is 9.52. The van der Waals surface area contributed by atoms with E-state index in [1.165, 1.54) is 23.8 Å². The molecule has 0 radical (unpaired) electrons. The zero-order chi connectivity index (χ0) is 23.6. The molecule has 0 aliphatic heterocycles. The first-order valence-electron chi connectivity index (χ1n) is 11.8. The summed E-state index contributed by atoms with van der Waals surface area (Å²) in [6.45, 7) is 2.16. The third-order valence-electron chi connectivity index (χ3n) is 8.88. The predicted octanol–water partition coefficient (Wildman–Crippen LogP) is 3.55. The molecule has 3 saturated carbocycles. The minimum Gasteiger partial charge on any atom is -0.295 e. The second-order valence-corrected chi connectivity index (χ2v) is 13.6. The highest BCUT2D eigenvalue weighted by Crippen LogP contribution is 2.62. The van der Waals surface area contributed by atoms with Crippen molar-refractivity contribution in [2.75, 3.05) is 0 Å². The van der Waals surface area contributed by atoms with Crippen LogP contribution in [0, 0.1) is 29.1 Å². The first-order chi connectivity index (χ1) is 15.5. The zero-order valence-corrected chi connectivity index (χ0v) is 20.4. The molecule has 0 aromatic heterocycles. The van der Waals surface area contributed by atoms with Crippen LogP contribution in [0.1, 0.15) is 58.3 Å². The number of rotatable bonds is 4. The maximum absolute atomic E-state index is 13.1. The highest BCUT2D eigenvalue weighted by atomic mass is 32.2. The molecule has 0 unspecified atom stereocenters. The van der Waals surface area contributed by atoms with Crippen molar-refractivity contribution in [2.24, 2.45) is 34.2 Å². The van der Waals surface area contributed by atoms with Crippen LogP contribution in [0.5, 0.6) is 0 Å². The monoisotopic (exact) mass is 493 g/mol. The predicted molar refractivity (Wildman–Crippen MR) is 122 cm³/mol. The summed E-state index contributed by atoms with van der Waals surface area (Å²) in [4.78, 5) is 11.5. The molecule has 0 heterocycles. The first-order valence-corrected chi connectivity index (χ1v) is 14.7. The van der Waals surface area contributed by atoms with E-state index in [0.717, 1.165) is 44.6 Å². The lowest BCUT2D eigenvalue weighted by Gasteiger charge is -2.53. The van der Waals surface area contributed by atoms with Crippen LogP contribution in [-0.4, -0.2) is 28.7 Å². The van der Waals surface area contributed by atoms with E-state index < -0.39 is 26.2 Å². The van der Waals surface area contributed by atoms with Crippen LogP contribution in [0.3, 0.4) is 0 Å². The number of allylic oxidation sites excluding steroid dienone is 1. The average molecular weight is 494 g/mol. The summed E-state index contributed by atoms with van der Waals surface area (Å²) < 4.78 is 55.3. The Morgan fingerprint density at radius 3 is 2.48 bits per heavy atom. The van der Waals surface area contributed by atoms with Gasteiger partial charge in [-0.05, 0) is 98.3 Å². The van der Waals surface area contributed by atoms with E-state index in [0.29, 0.717) is 36.5 Å². The van der Waals surface area contributed by atoms with Crippen LogP contribution < -0.4 is 5.14 Å². The Hall–Kier alpha value is -1.55. The van der Waals surface area contributed by atoms with Gasteiger partial charge in [-0.2, -0.15) is 8.42 Å². The Morgan fingerprint density at radius 2 is 1.73 bits per heavy atom. The summed E-state index contributed by atoms with van der Waals surface area (Å²) in [5.41, 5.74) is 1.09. The Morgan fingerprint density at radius 1 is 0.970 bits per heavy atom. The molecule has 1 aromatic carbocycles. The molecular formula is C24H31NO6S2. The summed E-state index contributed by atoms with van der Waals surface area (Å²) in [5.74, 6) is 2.24. The lowest BCUT2D eigenvalue weighted by molar-refractivity contribution is -0.116. The van der Waals surface area contributed by atoms with Crippen LogP contribution >= 0.6 is 0 Å². The largest absolute Gasteiger partial charge is 0.297 e. The minimum absolute atomic E-state index is 0.186. The lowest BCUT2D eigenvalue weighted by Crippen LogP contribution is -2.48. The van der Waals surface area contributed by atoms with Gasteiger partial charge in [0.25, 0.3) is 10.1 Å². The third kappa shape index (κ3) is 4.00. The summed E-state index contributed by atoms with van der Waals surface area (Å²) in [7, 11) is -8.15. The molecular weight excluding hydrogens is 462 g/mol. The van der Waals surface area contributed by atoms with E-state index in [9.17, 15) is 21.6 Å². The summed E-state index contributed by atoms with van der Waals surface area (Å²) in [6, 6.07) is 5.04. The molecule has 4 aliphatic rings. The Kier molecular flexibility index (Phi) is 5.63. The van der Waals surface area contributed by atoms with E-state index in [1.807, 2.05) is 6.08 Å². The fraction of sp³-hybridized carbons (Fsp3) is 0.625. The van der Waals surface area contributed by atoms with Gasteiger partial charge in [0.05, 0.1) is 15.9 Å². The number of sulfonamides is 1. The number of benzene rings is 1. The van der Waals surface area contributed by atoms with Crippen LogP contribution in [0.15, 0.2) is 45.7 Å². The molecule has 9 heteroatoms. The van der Waals surface area contributed by atoms with Crippen molar-refractivity contribution in [3.63, 3.8) is 0 Å². The second-order valence-electron chi connectivity index (χ2n) is 10.5. The van der Waals surface area contributed by atoms with Crippen LogP contribution in [0.2, 0.25) is 0 Å². The molecule has 33 heavy (non-hydrogen) atoms. The molecule has 0 bridgehead atoms. The van der Waals surface area contributed by atoms with Gasteiger partial charge in [0.1, 0.15) is 0 Å². The van der Waals surface area contributed by atoms with E-state index in [-0.39, 0.29) is 21.0 Å². The number of hydrogen-bond acceptors (Lipinski definition) is 6. The molecule has 1 aromatic rings. The van der Waals surface area contributed by atoms with Gasteiger partial charge in [-0.25, -0.2) is 13.6 Å². The molecule has 0 spiro atoms. The van der Waals surface area contributed by atoms with Gasteiger partial charge in [0.15, 0.2) is 5.78 Å². The topological polar surface area (TPSA) is 121 Å². The van der Waals surface area contributed by atoms with Crippen molar-refractivity contribution in [3.05, 3.63) is 35.9 Å². The van der Waals surface area contributed by atoms with Crippen molar-refractivity contribution in [1.29, 1.82) is 0 Å². The highest BCUT2D eigenvalue weighted by Gasteiger charge is 2.57. The SMILES string of the molecule is C[C@]12CC[C@H]3[C@@H](CCC4=CC(=O)CC[C@@H]43)[C@@H]1CC[C@@H]2OS(=O)(=O)c1cccc(S(N)(=O)=O)c1. The van der Waals surface area contributed by atoms with Gasteiger partial charge in [-0.1, -0.05) is 18.6 Å². The molecule has 3 fully saturated rings. The van der Waals surface area contributed by atoms with Gasteiger partial charge in [-0.15, -0.1) is 0 Å². The highest BCUT2D eigenvalue weighted by molar-refractivity contribution is 7.89. The van der Waals surface area contributed by atoms with E-state index in [2.05, 4.69) is 6.92 Å². The van der Waals surface area contributed by atoms with Crippen molar-refractivity contribution in [3.8, 4) is 0 Å². The van der Waals surface area contributed by atoms with Crippen molar-refractivity contribution < 1.29 is 25.8 Å². The Balaban J connectivity index is 1.37. The van der Waals surface area contributed by atoms with Gasteiger partial charge >= 0.3 is 0 Å². The van der Waals surface area contributed by atoms with Gasteiger partial charge in [0.2, 0.25) is 10.0 Å². The molecule has 4 aliphatic carbocycles. The van der Waals surface area contributed by atoms with E-state index >= 15 is 0 Å². The van der Waals surface area contributed by atoms with Gasteiger partial charge in [-0.3, -0.25) is 8.98 Å². The minimum atomic E-state index is -4.14. The standard InChI is InChI=1S/C24H31NO6S2/c1-24-12-11-20-19-8-6-16(26)13-15(19)5-7-21(20)22(24)9-10-23(24)31-33(29,30)18-4-2-3-17(14-18)32(25,27)28/h2-4,13-14,19-23H,5-12H2,1H3,(H2,25,27,28)/t19-,20+,21+,22-,23-,24-/m0/s1. The fourth-order valence-corrected chi connectivity index (χ4v) is 9.19. The van der Waals surface area contributed by atoms with Crippen molar-refractivity contribution >= 4 is 25.9 Å². The maximum Gasteiger partial charge on any atom is 0.297 e. The second kappa shape index (κ2) is 8.00. The molecule has 2 N–H and O–H groups in total. The number of hydrogen-bond donors (Lipinski definition) is 1. The van der Waals surface area contributed by atoms with Gasteiger partial charge in [0, 0.05) is 6.42 Å². The molecule has 0 saturated heterocycles. The molecule has 5 rings (SSSR count). The number of fused-ring (bicyclic) bond motifs is 5. The first kappa shape index (κ1) is 23.2. The average Bonchev–Trinajstić information content (AvgIpc) is 3.08. The number of ketones is 1. The van der Waals surface area contributed by atoms with E-state index in [4.69, 9.17) is 9.32 Å². The van der Waals surface area contributed by atoms with Gasteiger partial charge < -0.3 is 0 Å². The Bertz CT molecular complexity index is 1220. The summed E-state index contributed by atoms with van der Waals surface area (Å²) >= 11 is 0. The third-order valence-corrected chi connectivity index (χ3v) is 11.1. The smallest absolute Gasteiger partial charge is 0.295 e. The quantitative estimate of drug-likeness (QED) is 0.641. The van der Waals surface area contributed by atoms with Crippen LogP contribution in [0.25, 0.3) is 0 Å². The maximum atomic E-state index is 13.1.